The SMILES string of the molecule is CC(=O)O[C@H]1[C@H](O)[C@H](n2cc(CO)c(N)nc2=O)O[C@@H]1CO. The number of esters is 1. The maximum atomic E-state index is 11.9. The summed E-state index contributed by atoms with van der Waals surface area (Å²) >= 11 is 0. The molecule has 0 saturated carbocycles. The number of aliphatic hydroxyl groups excluding tert-OH is 3. The zero-order chi connectivity index (χ0) is 16.4. The van der Waals surface area contributed by atoms with Gasteiger partial charge in [0.15, 0.2) is 12.3 Å². The number of hydrogen-bond donors (Lipinski definition) is 4. The Morgan fingerprint density at radius 3 is 2.77 bits per heavy atom. The first-order valence-corrected chi connectivity index (χ1v) is 6.49. The van der Waals surface area contributed by atoms with Crippen molar-refractivity contribution in [2.24, 2.45) is 0 Å². The smallest absolute Gasteiger partial charge is 0.351 e. The van der Waals surface area contributed by atoms with Crippen LogP contribution in [0.15, 0.2) is 11.0 Å². The van der Waals surface area contributed by atoms with Crippen molar-refractivity contribution >= 4 is 11.8 Å². The van der Waals surface area contributed by atoms with Gasteiger partial charge in [0.05, 0.1) is 13.2 Å². The molecule has 1 aromatic heterocycles. The second-order valence-corrected chi connectivity index (χ2v) is 4.81. The van der Waals surface area contributed by atoms with Crippen LogP contribution in [0, 0.1) is 0 Å². The van der Waals surface area contributed by atoms with Crippen LogP contribution < -0.4 is 11.4 Å². The number of nitrogens with zero attached hydrogens (tertiary/aromatic N) is 2. The lowest BCUT2D eigenvalue weighted by Gasteiger charge is -2.19. The van der Waals surface area contributed by atoms with E-state index in [1.165, 1.54) is 6.20 Å². The molecule has 122 valence electrons. The summed E-state index contributed by atoms with van der Waals surface area (Å²) in [6, 6.07) is 0. The number of aliphatic hydroxyl groups is 3. The molecule has 4 atom stereocenters. The molecule has 0 spiro atoms. The monoisotopic (exact) mass is 315 g/mol. The Hall–Kier alpha value is -2.01. The zero-order valence-electron chi connectivity index (χ0n) is 11.7. The maximum Gasteiger partial charge on any atom is 0.351 e. The van der Waals surface area contributed by atoms with E-state index in [0.29, 0.717) is 0 Å². The summed E-state index contributed by atoms with van der Waals surface area (Å²) in [6.07, 6.45) is -3.55. The second kappa shape index (κ2) is 6.40. The topological polar surface area (TPSA) is 157 Å². The molecule has 0 amide bonds. The summed E-state index contributed by atoms with van der Waals surface area (Å²) in [6.45, 7) is 0.170. The standard InChI is InChI=1S/C12H17N3O7/c1-5(18)21-9-7(4-17)22-11(8(9)19)15-2-6(3-16)10(13)14-12(15)20/h2,7-9,11,16-17,19H,3-4H2,1H3,(H2,13,14,20)/t7-,8+,9-,11-/m1/s1. The van der Waals surface area contributed by atoms with E-state index in [4.69, 9.17) is 20.3 Å². The van der Waals surface area contributed by atoms with Gasteiger partial charge in [-0.2, -0.15) is 4.98 Å². The van der Waals surface area contributed by atoms with Crippen LogP contribution in [-0.4, -0.2) is 55.8 Å². The van der Waals surface area contributed by atoms with E-state index >= 15 is 0 Å². The molecule has 0 aromatic carbocycles. The van der Waals surface area contributed by atoms with Crippen LogP contribution in [0.1, 0.15) is 18.7 Å². The van der Waals surface area contributed by atoms with Crippen LogP contribution in [0.4, 0.5) is 5.82 Å². The summed E-state index contributed by atoms with van der Waals surface area (Å²) in [5.74, 6) is -0.794. The van der Waals surface area contributed by atoms with Crippen LogP contribution in [0.25, 0.3) is 0 Å². The predicted octanol–water partition coefficient (Wildman–Crippen LogP) is -2.50. The Morgan fingerprint density at radius 1 is 1.55 bits per heavy atom. The van der Waals surface area contributed by atoms with Gasteiger partial charge in [-0.25, -0.2) is 4.79 Å². The number of anilines is 1. The second-order valence-electron chi connectivity index (χ2n) is 4.81. The van der Waals surface area contributed by atoms with E-state index in [2.05, 4.69) is 4.98 Å². The average molecular weight is 315 g/mol. The summed E-state index contributed by atoms with van der Waals surface area (Å²) in [5.41, 5.74) is 4.85. The van der Waals surface area contributed by atoms with E-state index in [-0.39, 0.29) is 11.4 Å². The Kier molecular flexibility index (Phi) is 4.76. The van der Waals surface area contributed by atoms with Gasteiger partial charge in [-0.1, -0.05) is 0 Å². The van der Waals surface area contributed by atoms with Crippen LogP contribution in [0.5, 0.6) is 0 Å². The molecule has 1 aromatic rings. The number of nitrogens with two attached hydrogens (primary N) is 1. The van der Waals surface area contributed by atoms with E-state index < -0.39 is 49.4 Å². The lowest BCUT2D eigenvalue weighted by Crippen LogP contribution is -2.39. The predicted molar refractivity (Wildman–Crippen MR) is 71.4 cm³/mol. The molecule has 2 heterocycles. The quantitative estimate of drug-likeness (QED) is 0.441. The van der Waals surface area contributed by atoms with Gasteiger partial charge in [0.2, 0.25) is 0 Å². The highest BCUT2D eigenvalue weighted by Crippen LogP contribution is 2.30. The van der Waals surface area contributed by atoms with Crippen molar-refractivity contribution < 1.29 is 29.6 Å². The van der Waals surface area contributed by atoms with Crippen molar-refractivity contribution in [1.82, 2.24) is 9.55 Å². The average Bonchev–Trinajstić information content (AvgIpc) is 2.76. The van der Waals surface area contributed by atoms with E-state index in [9.17, 15) is 19.8 Å². The highest BCUT2D eigenvalue weighted by Gasteiger charge is 2.47. The van der Waals surface area contributed by atoms with Gasteiger partial charge in [0.25, 0.3) is 0 Å². The molecule has 0 aliphatic carbocycles. The summed E-state index contributed by atoms with van der Waals surface area (Å²) in [5, 5.41) is 28.6. The molecule has 0 unspecified atom stereocenters. The lowest BCUT2D eigenvalue weighted by atomic mass is 10.1. The summed E-state index contributed by atoms with van der Waals surface area (Å²) in [7, 11) is 0. The highest BCUT2D eigenvalue weighted by molar-refractivity contribution is 5.66. The van der Waals surface area contributed by atoms with Crippen molar-refractivity contribution in [3.05, 3.63) is 22.2 Å². The fourth-order valence-electron chi connectivity index (χ4n) is 2.26. The van der Waals surface area contributed by atoms with Crippen molar-refractivity contribution in [3.63, 3.8) is 0 Å². The molecule has 0 bridgehead atoms. The molecular formula is C12H17N3O7. The molecule has 5 N–H and O–H groups in total. The molecule has 2 rings (SSSR count). The number of ether oxygens (including phenoxy) is 2. The minimum absolute atomic E-state index is 0.133. The molecule has 1 aliphatic heterocycles. The minimum Gasteiger partial charge on any atom is -0.457 e. The number of carbonyl (C=O) groups is 1. The van der Waals surface area contributed by atoms with Crippen LogP contribution in [0.2, 0.25) is 0 Å². The number of carbonyl (C=O) groups excluding carboxylic acids is 1. The highest BCUT2D eigenvalue weighted by atomic mass is 16.6. The van der Waals surface area contributed by atoms with Gasteiger partial charge < -0.3 is 30.5 Å². The summed E-state index contributed by atoms with van der Waals surface area (Å²) < 4.78 is 11.2. The lowest BCUT2D eigenvalue weighted by molar-refractivity contribution is -0.153. The van der Waals surface area contributed by atoms with E-state index in [0.717, 1.165) is 11.5 Å². The van der Waals surface area contributed by atoms with Crippen molar-refractivity contribution in [1.29, 1.82) is 0 Å². The van der Waals surface area contributed by atoms with Gasteiger partial charge in [-0.05, 0) is 0 Å². The van der Waals surface area contributed by atoms with E-state index in [1.807, 2.05) is 0 Å². The van der Waals surface area contributed by atoms with Crippen LogP contribution in [-0.2, 0) is 20.9 Å². The number of nitrogen functional groups attached to an aromatic ring is 1. The molecule has 1 saturated heterocycles. The van der Waals surface area contributed by atoms with Crippen molar-refractivity contribution in [2.75, 3.05) is 12.3 Å². The molecule has 0 radical (unpaired) electrons. The Bertz CT molecular complexity index is 617. The fraction of sp³-hybridized carbons (Fsp3) is 0.583. The molecule has 22 heavy (non-hydrogen) atoms. The van der Waals surface area contributed by atoms with Gasteiger partial charge >= 0.3 is 11.7 Å². The third-order valence-corrected chi connectivity index (χ3v) is 3.30. The third-order valence-electron chi connectivity index (χ3n) is 3.30. The Balaban J connectivity index is 2.37. The van der Waals surface area contributed by atoms with Gasteiger partial charge in [-0.15, -0.1) is 0 Å². The zero-order valence-corrected chi connectivity index (χ0v) is 11.7. The first kappa shape index (κ1) is 16.4. The molecule has 10 nitrogen and oxygen atoms in total. The van der Waals surface area contributed by atoms with Gasteiger partial charge in [0.1, 0.15) is 18.0 Å². The largest absolute Gasteiger partial charge is 0.457 e. The third kappa shape index (κ3) is 2.95. The number of aromatic nitrogens is 2. The van der Waals surface area contributed by atoms with E-state index in [1.54, 1.807) is 0 Å². The molecule has 1 fully saturated rings. The van der Waals surface area contributed by atoms with Gasteiger partial charge in [-0.3, -0.25) is 9.36 Å². The first-order valence-electron chi connectivity index (χ1n) is 6.49. The van der Waals surface area contributed by atoms with Crippen molar-refractivity contribution in [2.45, 2.75) is 38.1 Å². The Labute approximate surface area is 124 Å². The molecule has 1 aliphatic rings. The van der Waals surface area contributed by atoms with Crippen LogP contribution in [0.3, 0.4) is 0 Å². The molecular weight excluding hydrogens is 298 g/mol. The number of rotatable bonds is 4. The summed E-state index contributed by atoms with van der Waals surface area (Å²) in [4.78, 5) is 26.5. The van der Waals surface area contributed by atoms with Crippen molar-refractivity contribution in [3.8, 4) is 0 Å². The first-order chi connectivity index (χ1) is 10.4. The van der Waals surface area contributed by atoms with Gasteiger partial charge in [0, 0.05) is 18.7 Å². The van der Waals surface area contributed by atoms with Crippen LogP contribution >= 0.6 is 0 Å². The molecule has 10 heteroatoms. The number of hydrogen-bond acceptors (Lipinski definition) is 9. The minimum atomic E-state index is -1.39. The maximum absolute atomic E-state index is 11.9. The normalized spacial score (nSPS) is 27.8. The Morgan fingerprint density at radius 2 is 2.23 bits per heavy atom. The fourth-order valence-corrected chi connectivity index (χ4v) is 2.26.